The third kappa shape index (κ3) is 10.2. The minimum atomic E-state index is -0.474. The van der Waals surface area contributed by atoms with Crippen molar-refractivity contribution in [3.8, 4) is 0 Å². The van der Waals surface area contributed by atoms with Gasteiger partial charge in [0.15, 0.2) is 0 Å². The number of nitrogens with zero attached hydrogens (tertiary/aromatic N) is 2. The summed E-state index contributed by atoms with van der Waals surface area (Å²) in [6.45, 7) is 5.42. The van der Waals surface area contributed by atoms with Crippen LogP contribution in [0, 0.1) is 0 Å². The number of hydrogen-bond acceptors (Lipinski definition) is 6. The number of hydrogen-bond donors (Lipinski definition) is 4. The summed E-state index contributed by atoms with van der Waals surface area (Å²) in [5.41, 5.74) is 0. The first-order valence-corrected chi connectivity index (χ1v) is 5.77. The quantitative estimate of drug-likeness (QED) is 0.334. The van der Waals surface area contributed by atoms with Gasteiger partial charge in [-0.2, -0.15) is 5.06 Å². The molecule has 0 aromatic rings. The molecule has 0 radical (unpaired) electrons. The Kier molecular flexibility index (Phi) is 9.01. The maximum absolute atomic E-state index is 9.42. The molecule has 0 aromatic carbocycles. The summed E-state index contributed by atoms with van der Waals surface area (Å²) in [4.78, 5) is 1.88. The predicted molar refractivity (Wildman–Crippen MR) is 64.9 cm³/mol. The van der Waals surface area contributed by atoms with Crippen LogP contribution in [0.2, 0.25) is 0 Å². The number of aliphatic hydroxyl groups is 3. The third-order valence-corrected chi connectivity index (χ3v) is 2.14. The highest BCUT2D eigenvalue weighted by Gasteiger charge is 2.11. The molecule has 6 heteroatoms. The molecule has 2 atom stereocenters. The van der Waals surface area contributed by atoms with Gasteiger partial charge in [-0.3, -0.25) is 4.90 Å². The molecule has 0 fully saturated rings. The van der Waals surface area contributed by atoms with Crippen molar-refractivity contribution in [3.63, 3.8) is 0 Å². The molecule has 0 aromatic heterocycles. The van der Waals surface area contributed by atoms with E-state index in [4.69, 9.17) is 5.11 Å². The Balaban J connectivity index is 3.96. The molecule has 0 amide bonds. The molecule has 0 saturated heterocycles. The fourth-order valence-corrected chi connectivity index (χ4v) is 1.52. The van der Waals surface area contributed by atoms with Crippen molar-refractivity contribution in [2.24, 2.45) is 0 Å². The van der Waals surface area contributed by atoms with E-state index in [9.17, 15) is 15.4 Å². The minimum absolute atomic E-state index is 0.244. The summed E-state index contributed by atoms with van der Waals surface area (Å²) in [6.07, 6.45) is 1.36. The van der Waals surface area contributed by atoms with Crippen molar-refractivity contribution in [1.29, 1.82) is 0 Å². The number of rotatable bonds is 9. The largest absolute Gasteiger partial charge is 0.516 e. The van der Waals surface area contributed by atoms with Crippen LogP contribution in [-0.4, -0.2) is 75.4 Å². The van der Waals surface area contributed by atoms with E-state index in [1.165, 1.54) is 6.08 Å². The minimum Gasteiger partial charge on any atom is -0.516 e. The monoisotopic (exact) mass is 248 g/mol. The van der Waals surface area contributed by atoms with Crippen LogP contribution in [0.3, 0.4) is 0 Å². The molecule has 0 saturated carbocycles. The molecule has 0 bridgehead atoms. The van der Waals surface area contributed by atoms with Crippen molar-refractivity contribution in [1.82, 2.24) is 9.96 Å². The van der Waals surface area contributed by atoms with Crippen molar-refractivity contribution in [2.45, 2.75) is 26.1 Å². The Bertz CT molecular complexity index is 200. The van der Waals surface area contributed by atoms with Gasteiger partial charge in [0.05, 0.1) is 18.5 Å². The molecule has 4 N–H and O–H groups in total. The Morgan fingerprint density at radius 1 is 1.06 bits per heavy atom. The summed E-state index contributed by atoms with van der Waals surface area (Å²) in [5.74, 6) is 0. The van der Waals surface area contributed by atoms with Gasteiger partial charge in [0, 0.05) is 32.7 Å². The van der Waals surface area contributed by atoms with Gasteiger partial charge in [0.1, 0.15) is 0 Å². The summed E-state index contributed by atoms with van der Waals surface area (Å²) in [6, 6.07) is 0. The van der Waals surface area contributed by atoms with Crippen molar-refractivity contribution < 1.29 is 20.5 Å². The van der Waals surface area contributed by atoms with Gasteiger partial charge in [0.2, 0.25) is 0 Å². The van der Waals surface area contributed by atoms with Crippen molar-refractivity contribution in [2.75, 3.05) is 32.7 Å². The number of aliphatic hydroxyl groups excluding tert-OH is 3. The lowest BCUT2D eigenvalue weighted by Crippen LogP contribution is -2.40. The molecule has 0 rings (SSSR count). The molecule has 0 spiro atoms. The molecular weight excluding hydrogens is 224 g/mol. The second kappa shape index (κ2) is 9.38. The summed E-state index contributed by atoms with van der Waals surface area (Å²) >= 11 is 0. The Hall–Kier alpha value is -0.660. The van der Waals surface area contributed by atoms with Gasteiger partial charge < -0.3 is 20.5 Å². The normalized spacial score (nSPS) is 15.9. The molecule has 17 heavy (non-hydrogen) atoms. The van der Waals surface area contributed by atoms with Crippen LogP contribution < -0.4 is 0 Å². The Morgan fingerprint density at radius 2 is 1.59 bits per heavy atom. The molecule has 2 unspecified atom stereocenters. The van der Waals surface area contributed by atoms with Crippen LogP contribution in [-0.2, 0) is 0 Å². The fourth-order valence-electron chi connectivity index (χ4n) is 1.52. The predicted octanol–water partition coefficient (Wildman–Crippen LogP) is -0.187. The van der Waals surface area contributed by atoms with Gasteiger partial charge in [-0.1, -0.05) is 0 Å². The van der Waals surface area contributed by atoms with Gasteiger partial charge >= 0.3 is 0 Å². The van der Waals surface area contributed by atoms with E-state index in [1.807, 2.05) is 4.90 Å². The van der Waals surface area contributed by atoms with Crippen LogP contribution >= 0.6 is 0 Å². The molecule has 6 nitrogen and oxygen atoms in total. The molecule has 102 valence electrons. The first-order chi connectivity index (χ1) is 7.95. The van der Waals surface area contributed by atoms with Crippen molar-refractivity contribution in [3.05, 3.63) is 12.3 Å². The van der Waals surface area contributed by atoms with Crippen LogP contribution in [0.1, 0.15) is 13.8 Å². The van der Waals surface area contributed by atoms with Gasteiger partial charge in [-0.15, -0.1) is 0 Å². The molecular formula is C11H24N2O4. The van der Waals surface area contributed by atoms with E-state index in [0.29, 0.717) is 26.2 Å². The molecule has 0 aliphatic rings. The maximum Gasteiger partial charge on any atom is 0.0765 e. The standard InChI is InChI=1S/C11H24N2O4/c1-10(15)8-12(9-11(2)16)5-6-13(17)4-3-7-14/h3,7,10-11,14-17H,4-6,8-9H2,1-2H3/b7-3+. The van der Waals surface area contributed by atoms with Crippen LogP contribution in [0.15, 0.2) is 12.3 Å². The van der Waals surface area contributed by atoms with E-state index >= 15 is 0 Å². The highest BCUT2D eigenvalue weighted by molar-refractivity contribution is 4.74. The number of hydroxylamine groups is 2. The second-order valence-corrected chi connectivity index (χ2v) is 4.26. The fraction of sp³-hybridized carbons (Fsp3) is 0.818. The zero-order valence-corrected chi connectivity index (χ0v) is 10.5. The third-order valence-electron chi connectivity index (χ3n) is 2.14. The van der Waals surface area contributed by atoms with E-state index in [2.05, 4.69) is 0 Å². The smallest absolute Gasteiger partial charge is 0.0765 e. The van der Waals surface area contributed by atoms with E-state index < -0.39 is 12.2 Å². The lowest BCUT2D eigenvalue weighted by Gasteiger charge is -2.26. The topological polar surface area (TPSA) is 87.4 Å². The average Bonchev–Trinajstić information content (AvgIpc) is 2.21. The van der Waals surface area contributed by atoms with E-state index in [0.717, 1.165) is 11.3 Å². The summed E-state index contributed by atoms with van der Waals surface area (Å²) in [7, 11) is 0. The van der Waals surface area contributed by atoms with Gasteiger partial charge in [-0.05, 0) is 19.9 Å². The first-order valence-electron chi connectivity index (χ1n) is 5.77. The average molecular weight is 248 g/mol. The lowest BCUT2D eigenvalue weighted by atomic mass is 10.3. The highest BCUT2D eigenvalue weighted by atomic mass is 16.5. The van der Waals surface area contributed by atoms with E-state index in [-0.39, 0.29) is 6.54 Å². The SMILES string of the molecule is CC(O)CN(CCN(O)C/C=C/O)CC(C)O. The zero-order valence-electron chi connectivity index (χ0n) is 10.5. The van der Waals surface area contributed by atoms with Gasteiger partial charge in [0.25, 0.3) is 0 Å². The van der Waals surface area contributed by atoms with Crippen LogP contribution in [0.5, 0.6) is 0 Å². The molecule has 0 heterocycles. The lowest BCUT2D eigenvalue weighted by molar-refractivity contribution is -0.0870. The summed E-state index contributed by atoms with van der Waals surface area (Å²) < 4.78 is 0. The van der Waals surface area contributed by atoms with Crippen LogP contribution in [0.25, 0.3) is 0 Å². The maximum atomic E-state index is 9.42. The van der Waals surface area contributed by atoms with Crippen molar-refractivity contribution >= 4 is 0 Å². The van der Waals surface area contributed by atoms with Crippen LogP contribution in [0.4, 0.5) is 0 Å². The highest BCUT2D eigenvalue weighted by Crippen LogP contribution is 1.96. The first kappa shape index (κ1) is 16.3. The summed E-state index contributed by atoms with van der Waals surface area (Å²) in [5, 5.41) is 37.5. The zero-order chi connectivity index (χ0) is 13.3. The second-order valence-electron chi connectivity index (χ2n) is 4.26. The Morgan fingerprint density at radius 3 is 2.00 bits per heavy atom. The molecule has 0 aliphatic carbocycles. The molecule has 0 aliphatic heterocycles. The van der Waals surface area contributed by atoms with Gasteiger partial charge in [-0.25, -0.2) is 0 Å². The Labute approximate surface area is 102 Å². The van der Waals surface area contributed by atoms with E-state index in [1.54, 1.807) is 13.8 Å².